The molecule has 0 aromatic carbocycles. The molecule has 0 spiro atoms. The Morgan fingerprint density at radius 3 is 2.94 bits per heavy atom. The van der Waals surface area contributed by atoms with Gasteiger partial charge in [0.2, 0.25) is 0 Å². The average molecular weight is 288 g/mol. The zero-order chi connectivity index (χ0) is 11.8. The van der Waals surface area contributed by atoms with Crippen molar-refractivity contribution in [2.75, 3.05) is 0 Å². The van der Waals surface area contributed by atoms with E-state index in [0.29, 0.717) is 11.0 Å². The number of hydrogen-bond donors (Lipinski definition) is 0. The molecule has 1 aliphatic carbocycles. The summed E-state index contributed by atoms with van der Waals surface area (Å²) < 4.78 is 2.06. The first-order chi connectivity index (χ1) is 8.29. The van der Waals surface area contributed by atoms with Crippen LogP contribution in [0.25, 0.3) is 5.13 Å². The highest BCUT2D eigenvalue weighted by Gasteiger charge is 2.18. The summed E-state index contributed by atoms with van der Waals surface area (Å²) in [6, 6.07) is 0. The summed E-state index contributed by atoms with van der Waals surface area (Å²) in [6.07, 6.45) is 6.45. The second kappa shape index (κ2) is 4.59. The zero-order valence-corrected chi connectivity index (χ0v) is 11.4. The van der Waals surface area contributed by atoms with E-state index in [1.165, 1.54) is 35.6 Å². The van der Waals surface area contributed by atoms with E-state index in [1.54, 1.807) is 0 Å². The first-order valence-electron chi connectivity index (χ1n) is 5.56. The minimum atomic E-state index is 0.410. The van der Waals surface area contributed by atoms with Crippen molar-refractivity contribution in [2.45, 2.75) is 31.6 Å². The van der Waals surface area contributed by atoms with Gasteiger partial charge in [0, 0.05) is 5.69 Å². The van der Waals surface area contributed by atoms with E-state index < -0.39 is 0 Å². The number of fused-ring (bicyclic) bond motifs is 1. The van der Waals surface area contributed by atoms with Crippen LogP contribution in [0.1, 0.15) is 29.1 Å². The smallest absolute Gasteiger partial charge is 0.196 e. The molecule has 3 nitrogen and oxygen atoms in total. The third kappa shape index (κ3) is 1.98. The van der Waals surface area contributed by atoms with Crippen molar-refractivity contribution in [3.63, 3.8) is 0 Å². The maximum Gasteiger partial charge on any atom is 0.196 e. The highest BCUT2D eigenvalue weighted by molar-refractivity contribution is 7.14. The third-order valence-corrected chi connectivity index (χ3v) is 4.90. The summed E-state index contributed by atoms with van der Waals surface area (Å²) in [5, 5.41) is 1.39. The fourth-order valence-electron chi connectivity index (χ4n) is 2.14. The highest BCUT2D eigenvalue weighted by atomic mass is 35.5. The molecule has 0 atom stereocenters. The van der Waals surface area contributed by atoms with Crippen LogP contribution in [0.5, 0.6) is 0 Å². The Morgan fingerprint density at radius 1 is 1.35 bits per heavy atom. The van der Waals surface area contributed by atoms with Crippen molar-refractivity contribution in [1.29, 1.82) is 0 Å². The molecule has 2 heterocycles. The summed E-state index contributed by atoms with van der Waals surface area (Å²) in [4.78, 5) is 9.72. The Bertz CT molecular complexity index is 547. The molecule has 90 valence electrons. The van der Waals surface area contributed by atoms with Crippen molar-refractivity contribution < 1.29 is 0 Å². The van der Waals surface area contributed by atoms with Gasteiger partial charge < -0.3 is 0 Å². The number of hydrogen-bond acceptors (Lipinski definition) is 3. The molecule has 6 heteroatoms. The van der Waals surface area contributed by atoms with E-state index in [-0.39, 0.29) is 0 Å². The van der Waals surface area contributed by atoms with Crippen LogP contribution in [0, 0.1) is 0 Å². The first-order valence-corrected chi connectivity index (χ1v) is 7.29. The molecule has 0 radical (unpaired) electrons. The molecule has 0 bridgehead atoms. The molecule has 2 aromatic rings. The maximum absolute atomic E-state index is 6.03. The molecule has 0 aliphatic heterocycles. The van der Waals surface area contributed by atoms with Gasteiger partial charge in [-0.05, 0) is 25.7 Å². The van der Waals surface area contributed by atoms with Gasteiger partial charge in [-0.2, -0.15) is 0 Å². The number of aromatic nitrogens is 3. The van der Waals surface area contributed by atoms with Crippen LogP contribution in [0.4, 0.5) is 0 Å². The molecule has 3 rings (SSSR count). The minimum absolute atomic E-state index is 0.410. The Balaban J connectivity index is 2.05. The largest absolute Gasteiger partial charge is 0.278 e. The molecule has 0 fully saturated rings. The lowest BCUT2D eigenvalue weighted by Gasteiger charge is -2.11. The van der Waals surface area contributed by atoms with E-state index >= 15 is 0 Å². The van der Waals surface area contributed by atoms with Gasteiger partial charge in [0.25, 0.3) is 0 Å². The number of halogens is 2. The topological polar surface area (TPSA) is 30.7 Å². The van der Waals surface area contributed by atoms with E-state index in [9.17, 15) is 0 Å². The average Bonchev–Trinajstić information content (AvgIpc) is 2.92. The van der Waals surface area contributed by atoms with Gasteiger partial charge in [-0.3, -0.25) is 4.57 Å². The monoisotopic (exact) mass is 287 g/mol. The molecule has 0 amide bonds. The second-order valence-corrected chi connectivity index (χ2v) is 5.75. The number of aryl methyl sites for hydroxylation is 1. The van der Waals surface area contributed by atoms with E-state index in [1.807, 2.05) is 6.33 Å². The third-order valence-electron chi connectivity index (χ3n) is 3.00. The predicted octanol–water partition coefficient (Wildman–Crippen LogP) is 3.60. The van der Waals surface area contributed by atoms with E-state index in [4.69, 9.17) is 23.2 Å². The summed E-state index contributed by atoms with van der Waals surface area (Å²) >= 11 is 13.4. The van der Waals surface area contributed by atoms with Crippen LogP contribution >= 0.6 is 34.5 Å². The van der Waals surface area contributed by atoms with Crippen molar-refractivity contribution in [2.24, 2.45) is 0 Å². The molecular formula is C11H11Cl2N3S. The molecule has 0 saturated heterocycles. The van der Waals surface area contributed by atoms with E-state index in [2.05, 4.69) is 14.5 Å². The van der Waals surface area contributed by atoms with Gasteiger partial charge in [0.1, 0.15) is 11.5 Å². The van der Waals surface area contributed by atoms with E-state index in [0.717, 1.165) is 22.9 Å². The Kier molecular flexibility index (Phi) is 3.11. The van der Waals surface area contributed by atoms with Gasteiger partial charge in [-0.25, -0.2) is 9.97 Å². The fourth-order valence-corrected chi connectivity index (χ4v) is 3.61. The fraction of sp³-hybridized carbons (Fsp3) is 0.455. The SMILES string of the molecule is ClCc1sc(-n2cnc3c2CCCC3)nc1Cl. The molecule has 0 N–H and O–H groups in total. The van der Waals surface area contributed by atoms with Crippen LogP contribution in [0.3, 0.4) is 0 Å². The number of imidazole rings is 1. The highest BCUT2D eigenvalue weighted by Crippen LogP contribution is 2.30. The van der Waals surface area contributed by atoms with Crippen LogP contribution in [-0.4, -0.2) is 14.5 Å². The minimum Gasteiger partial charge on any atom is -0.278 e. The van der Waals surface area contributed by atoms with Gasteiger partial charge in [-0.1, -0.05) is 22.9 Å². The van der Waals surface area contributed by atoms with Crippen molar-refractivity contribution >= 4 is 34.5 Å². The van der Waals surface area contributed by atoms with Gasteiger partial charge in [0.05, 0.1) is 16.5 Å². The van der Waals surface area contributed by atoms with Crippen LogP contribution in [0.15, 0.2) is 6.33 Å². The van der Waals surface area contributed by atoms with Crippen LogP contribution < -0.4 is 0 Å². The number of nitrogens with zero attached hydrogens (tertiary/aromatic N) is 3. The summed E-state index contributed by atoms with van der Waals surface area (Å²) in [6.45, 7) is 0. The number of rotatable bonds is 2. The standard InChI is InChI=1S/C11H11Cl2N3S/c12-5-9-10(13)15-11(17-9)16-6-14-7-3-1-2-4-8(7)16/h6H,1-5H2. The van der Waals surface area contributed by atoms with Gasteiger partial charge in [-0.15, -0.1) is 11.6 Å². The number of alkyl halides is 1. The normalized spacial score (nSPS) is 14.9. The maximum atomic E-state index is 6.03. The molecular weight excluding hydrogens is 277 g/mol. The molecule has 0 saturated carbocycles. The Labute approximate surface area is 113 Å². The van der Waals surface area contributed by atoms with Crippen molar-refractivity contribution in [1.82, 2.24) is 14.5 Å². The molecule has 1 aliphatic rings. The lowest BCUT2D eigenvalue weighted by molar-refractivity contribution is 0.655. The zero-order valence-electron chi connectivity index (χ0n) is 9.12. The summed E-state index contributed by atoms with van der Waals surface area (Å²) in [5.41, 5.74) is 2.48. The van der Waals surface area contributed by atoms with Crippen LogP contribution in [0.2, 0.25) is 5.15 Å². The molecule has 0 unspecified atom stereocenters. The summed E-state index contributed by atoms with van der Waals surface area (Å²) in [7, 11) is 0. The lowest BCUT2D eigenvalue weighted by Crippen LogP contribution is -2.06. The quantitative estimate of drug-likeness (QED) is 0.790. The van der Waals surface area contributed by atoms with Crippen LogP contribution in [-0.2, 0) is 18.7 Å². The van der Waals surface area contributed by atoms with Crippen molar-refractivity contribution in [3.8, 4) is 5.13 Å². The Morgan fingerprint density at radius 2 is 2.18 bits per heavy atom. The predicted molar refractivity (Wildman–Crippen MR) is 70.4 cm³/mol. The second-order valence-electron chi connectivity index (χ2n) is 4.06. The lowest BCUT2D eigenvalue weighted by atomic mass is 10.0. The van der Waals surface area contributed by atoms with Gasteiger partial charge in [0.15, 0.2) is 5.13 Å². The summed E-state index contributed by atoms with van der Waals surface area (Å²) in [5.74, 6) is 0.410. The number of thiazole rings is 1. The van der Waals surface area contributed by atoms with Crippen molar-refractivity contribution in [3.05, 3.63) is 27.7 Å². The Hall–Kier alpha value is -0.580. The molecule has 2 aromatic heterocycles. The first kappa shape index (κ1) is 11.5. The van der Waals surface area contributed by atoms with Gasteiger partial charge >= 0.3 is 0 Å². The molecule has 17 heavy (non-hydrogen) atoms.